The molecule has 8 heteroatoms. The minimum atomic E-state index is -2.84. The van der Waals surface area contributed by atoms with Gasteiger partial charge in [0.25, 0.3) is 5.91 Å². The fraction of sp³-hybridized carbons (Fsp3) is 0.462. The van der Waals surface area contributed by atoms with Crippen molar-refractivity contribution in [2.75, 3.05) is 0 Å². The van der Waals surface area contributed by atoms with Crippen molar-refractivity contribution in [3.63, 3.8) is 0 Å². The summed E-state index contributed by atoms with van der Waals surface area (Å²) in [6.45, 7) is 2.31. The third kappa shape index (κ3) is 3.65. The number of nitrogens with one attached hydrogen (secondary N) is 1. The molecule has 0 aromatic carbocycles. The molecule has 0 fully saturated rings. The summed E-state index contributed by atoms with van der Waals surface area (Å²) < 4.78 is 27.6. The number of hydrogen-bond acceptors (Lipinski definition) is 3. The van der Waals surface area contributed by atoms with E-state index in [1.165, 1.54) is 12.3 Å². The third-order valence-electron chi connectivity index (χ3n) is 2.88. The lowest BCUT2D eigenvalue weighted by Crippen LogP contribution is -2.27. The molecule has 114 valence electrons. The standard InChI is InChI=1S/C13H17F2N5O/c1-9(2)7-19-8-16-5-10(19)6-17-12(21)11-3-4-18-20(11)13(14)15/h3-5,8-9,13H,6-7H2,1-2H3,(H,17,21). The zero-order chi connectivity index (χ0) is 15.4. The molecule has 1 amide bonds. The first-order valence-electron chi connectivity index (χ1n) is 6.58. The zero-order valence-corrected chi connectivity index (χ0v) is 11.8. The molecule has 0 saturated heterocycles. The zero-order valence-electron chi connectivity index (χ0n) is 11.8. The Hall–Kier alpha value is -2.25. The Morgan fingerprint density at radius 2 is 2.19 bits per heavy atom. The Kier molecular flexibility index (Phi) is 4.66. The van der Waals surface area contributed by atoms with E-state index in [0.717, 1.165) is 12.2 Å². The predicted molar refractivity (Wildman–Crippen MR) is 71.7 cm³/mol. The summed E-state index contributed by atoms with van der Waals surface area (Å²) >= 11 is 0. The van der Waals surface area contributed by atoms with E-state index in [-0.39, 0.29) is 12.2 Å². The van der Waals surface area contributed by atoms with E-state index in [1.54, 1.807) is 12.5 Å². The van der Waals surface area contributed by atoms with Gasteiger partial charge < -0.3 is 9.88 Å². The molecular formula is C13H17F2N5O. The maximum atomic E-state index is 12.6. The summed E-state index contributed by atoms with van der Waals surface area (Å²) in [5.74, 6) is -0.154. The molecule has 2 heterocycles. The van der Waals surface area contributed by atoms with Crippen molar-refractivity contribution in [2.45, 2.75) is 33.5 Å². The predicted octanol–water partition coefficient (Wildman–Crippen LogP) is 2.06. The molecule has 0 saturated carbocycles. The van der Waals surface area contributed by atoms with Crippen LogP contribution in [0.3, 0.4) is 0 Å². The molecule has 0 unspecified atom stereocenters. The van der Waals surface area contributed by atoms with E-state index in [4.69, 9.17) is 0 Å². The van der Waals surface area contributed by atoms with Crippen molar-refractivity contribution in [2.24, 2.45) is 5.92 Å². The second-order valence-electron chi connectivity index (χ2n) is 5.05. The quantitative estimate of drug-likeness (QED) is 0.887. The Morgan fingerprint density at radius 1 is 1.43 bits per heavy atom. The summed E-state index contributed by atoms with van der Waals surface area (Å²) in [5.41, 5.74) is 0.653. The van der Waals surface area contributed by atoms with Gasteiger partial charge in [-0.3, -0.25) is 4.79 Å². The molecule has 2 aromatic heterocycles. The second kappa shape index (κ2) is 6.47. The topological polar surface area (TPSA) is 64.7 Å². The molecule has 0 spiro atoms. The number of rotatable bonds is 6. The van der Waals surface area contributed by atoms with E-state index in [2.05, 4.69) is 29.2 Å². The van der Waals surface area contributed by atoms with Crippen LogP contribution >= 0.6 is 0 Å². The summed E-state index contributed by atoms with van der Waals surface area (Å²) in [5, 5.41) is 6.03. The van der Waals surface area contributed by atoms with Crippen molar-refractivity contribution in [1.82, 2.24) is 24.6 Å². The normalized spacial score (nSPS) is 11.3. The van der Waals surface area contributed by atoms with Crippen molar-refractivity contribution >= 4 is 5.91 Å². The van der Waals surface area contributed by atoms with Crippen LogP contribution in [0.4, 0.5) is 8.78 Å². The number of carbonyl (C=O) groups is 1. The number of hydrogen-bond donors (Lipinski definition) is 1. The van der Waals surface area contributed by atoms with Gasteiger partial charge in [0, 0.05) is 18.9 Å². The highest BCUT2D eigenvalue weighted by molar-refractivity contribution is 5.92. The van der Waals surface area contributed by atoms with Crippen LogP contribution in [0.5, 0.6) is 0 Å². The number of nitrogens with zero attached hydrogens (tertiary/aromatic N) is 4. The Bertz CT molecular complexity index is 605. The molecule has 21 heavy (non-hydrogen) atoms. The molecule has 0 atom stereocenters. The lowest BCUT2D eigenvalue weighted by molar-refractivity contribution is 0.0509. The molecule has 6 nitrogen and oxygen atoms in total. The van der Waals surface area contributed by atoms with Crippen molar-refractivity contribution in [3.8, 4) is 0 Å². The smallest absolute Gasteiger partial charge is 0.333 e. The summed E-state index contributed by atoms with van der Waals surface area (Å²) in [6.07, 6.45) is 4.50. The van der Waals surface area contributed by atoms with Crippen LogP contribution in [-0.2, 0) is 13.1 Å². The molecule has 0 radical (unpaired) electrons. The largest absolute Gasteiger partial charge is 0.345 e. The van der Waals surface area contributed by atoms with Crippen molar-refractivity contribution in [1.29, 1.82) is 0 Å². The first-order chi connectivity index (χ1) is 9.99. The number of aromatic nitrogens is 4. The fourth-order valence-electron chi connectivity index (χ4n) is 1.96. The minimum Gasteiger partial charge on any atom is -0.345 e. The lowest BCUT2D eigenvalue weighted by Gasteiger charge is -2.11. The van der Waals surface area contributed by atoms with Crippen LogP contribution in [0, 0.1) is 5.92 Å². The van der Waals surface area contributed by atoms with Gasteiger partial charge in [0.05, 0.1) is 18.6 Å². The Morgan fingerprint density at radius 3 is 2.86 bits per heavy atom. The third-order valence-corrected chi connectivity index (χ3v) is 2.88. The van der Waals surface area contributed by atoms with Gasteiger partial charge in [-0.15, -0.1) is 0 Å². The second-order valence-corrected chi connectivity index (χ2v) is 5.05. The first-order valence-corrected chi connectivity index (χ1v) is 6.58. The minimum absolute atomic E-state index is 0.167. The van der Waals surface area contributed by atoms with Crippen molar-refractivity contribution < 1.29 is 13.6 Å². The Balaban J connectivity index is 2.01. The number of imidazole rings is 1. The molecule has 1 N–H and O–H groups in total. The van der Waals surface area contributed by atoms with Crippen LogP contribution < -0.4 is 5.32 Å². The molecule has 2 rings (SSSR count). The average molecular weight is 297 g/mol. The first kappa shape index (κ1) is 15.1. The highest BCUT2D eigenvalue weighted by Crippen LogP contribution is 2.12. The van der Waals surface area contributed by atoms with Gasteiger partial charge in [0.1, 0.15) is 5.69 Å². The molecular weight excluding hydrogens is 280 g/mol. The molecule has 0 aliphatic heterocycles. The number of halogens is 2. The van der Waals surface area contributed by atoms with Gasteiger partial charge >= 0.3 is 6.55 Å². The van der Waals surface area contributed by atoms with E-state index in [1.807, 2.05) is 4.57 Å². The Labute approximate surface area is 120 Å². The maximum absolute atomic E-state index is 12.6. The van der Waals surface area contributed by atoms with Gasteiger partial charge in [-0.25, -0.2) is 4.98 Å². The van der Waals surface area contributed by atoms with Gasteiger partial charge in [-0.1, -0.05) is 13.8 Å². The van der Waals surface area contributed by atoms with Gasteiger partial charge in [-0.05, 0) is 12.0 Å². The van der Waals surface area contributed by atoms with E-state index in [9.17, 15) is 13.6 Å². The van der Waals surface area contributed by atoms with Crippen LogP contribution in [0.25, 0.3) is 0 Å². The fourth-order valence-corrected chi connectivity index (χ4v) is 1.96. The molecule has 0 aliphatic carbocycles. The summed E-state index contributed by atoms with van der Waals surface area (Å²) in [6, 6.07) is 1.26. The van der Waals surface area contributed by atoms with Gasteiger partial charge in [-0.2, -0.15) is 18.6 Å². The summed E-state index contributed by atoms with van der Waals surface area (Å²) in [4.78, 5) is 16.0. The lowest BCUT2D eigenvalue weighted by atomic mass is 10.2. The molecule has 0 bridgehead atoms. The SMILES string of the molecule is CC(C)Cn1cncc1CNC(=O)c1ccnn1C(F)F. The van der Waals surface area contributed by atoms with Crippen LogP contribution in [0.15, 0.2) is 24.8 Å². The molecule has 0 aliphatic rings. The van der Waals surface area contributed by atoms with Crippen molar-refractivity contribution in [3.05, 3.63) is 36.2 Å². The number of carbonyl (C=O) groups excluding carboxylic acids is 1. The molecule has 2 aromatic rings. The van der Waals surface area contributed by atoms with E-state index < -0.39 is 12.5 Å². The van der Waals surface area contributed by atoms with E-state index >= 15 is 0 Å². The van der Waals surface area contributed by atoms with E-state index in [0.29, 0.717) is 10.6 Å². The van der Waals surface area contributed by atoms with Crippen LogP contribution in [0.2, 0.25) is 0 Å². The van der Waals surface area contributed by atoms with Crippen LogP contribution in [-0.4, -0.2) is 25.2 Å². The summed E-state index contributed by atoms with van der Waals surface area (Å²) in [7, 11) is 0. The number of alkyl halides is 2. The average Bonchev–Trinajstić information content (AvgIpc) is 3.03. The highest BCUT2D eigenvalue weighted by Gasteiger charge is 2.18. The number of amides is 1. The maximum Gasteiger partial charge on any atom is 0.333 e. The van der Waals surface area contributed by atoms with Gasteiger partial charge in [0.2, 0.25) is 0 Å². The van der Waals surface area contributed by atoms with Gasteiger partial charge in [0.15, 0.2) is 0 Å². The highest BCUT2D eigenvalue weighted by atomic mass is 19.3. The van der Waals surface area contributed by atoms with Crippen LogP contribution in [0.1, 0.15) is 36.6 Å². The monoisotopic (exact) mass is 297 g/mol.